The van der Waals surface area contributed by atoms with Crippen molar-refractivity contribution in [2.75, 3.05) is 6.61 Å². The van der Waals surface area contributed by atoms with Crippen LogP contribution in [0.4, 0.5) is 0 Å². The third-order valence-corrected chi connectivity index (χ3v) is 5.19. The number of carbonyl (C=O) groups excluding carboxylic acids is 1. The minimum Gasteiger partial charge on any atom is -0.507 e. The molecule has 2 aromatic carbocycles. The van der Waals surface area contributed by atoms with Crippen LogP contribution in [0, 0.1) is 17.2 Å². The molecule has 0 saturated heterocycles. The summed E-state index contributed by atoms with van der Waals surface area (Å²) in [6, 6.07) is 13.9. The number of phenolic OH excluding ortho intramolecular Hbond substituents is 1. The molecule has 1 unspecified atom stereocenters. The molecule has 1 aromatic heterocycles. The fourth-order valence-corrected chi connectivity index (χ4v) is 3.27. The minimum atomic E-state index is -0.620. The Morgan fingerprint density at radius 1 is 1.29 bits per heavy atom. The van der Waals surface area contributed by atoms with Crippen LogP contribution in [-0.2, 0) is 9.53 Å². The number of para-hydroxylation sites is 1. The van der Waals surface area contributed by atoms with Crippen molar-refractivity contribution in [3.8, 4) is 23.3 Å². The number of aromatic hydroxyl groups is 1. The average Bonchev–Trinajstić information content (AvgIpc) is 3.20. The van der Waals surface area contributed by atoms with Crippen molar-refractivity contribution in [3.05, 3.63) is 53.6 Å². The van der Waals surface area contributed by atoms with Crippen LogP contribution in [0.3, 0.4) is 0 Å². The van der Waals surface area contributed by atoms with Gasteiger partial charge in [0.25, 0.3) is 0 Å². The van der Waals surface area contributed by atoms with E-state index >= 15 is 0 Å². The maximum atomic E-state index is 12.4. The van der Waals surface area contributed by atoms with E-state index < -0.39 is 5.97 Å². The lowest BCUT2D eigenvalue weighted by Crippen LogP contribution is -2.14. The third-order valence-electron chi connectivity index (χ3n) is 5.19. The molecule has 160 valence electrons. The molecule has 1 heterocycles. The summed E-state index contributed by atoms with van der Waals surface area (Å²) in [6.07, 6.45) is 5.62. The van der Waals surface area contributed by atoms with Gasteiger partial charge in [0.15, 0.2) is 5.58 Å². The summed E-state index contributed by atoms with van der Waals surface area (Å²) in [6.45, 7) is 4.52. The quantitative estimate of drug-likeness (QED) is 0.265. The molecule has 6 nitrogen and oxygen atoms in total. The second-order valence-electron chi connectivity index (χ2n) is 7.45. The van der Waals surface area contributed by atoms with Crippen LogP contribution in [0.1, 0.15) is 45.1 Å². The lowest BCUT2D eigenvalue weighted by Gasteiger charge is -2.14. The zero-order chi connectivity index (χ0) is 22.2. The van der Waals surface area contributed by atoms with Gasteiger partial charge >= 0.3 is 5.97 Å². The second kappa shape index (κ2) is 10.4. The third kappa shape index (κ3) is 5.52. The number of aromatic nitrogens is 1. The Hall–Kier alpha value is -3.59. The van der Waals surface area contributed by atoms with Gasteiger partial charge in [-0.1, -0.05) is 51.3 Å². The number of fused-ring (bicyclic) bond motifs is 1. The summed E-state index contributed by atoms with van der Waals surface area (Å²) in [5.74, 6) is 0.0621. The fourth-order valence-electron chi connectivity index (χ4n) is 3.27. The summed E-state index contributed by atoms with van der Waals surface area (Å²) in [5.41, 5.74) is 2.15. The number of carbonyl (C=O) groups is 1. The molecular weight excluding hydrogens is 392 g/mol. The SMILES string of the molecule is CCCCC(CC)COC(=O)C(C#N)=Cc1ccc2nc(-c3ccccc3O)oc2c1. The number of phenols is 1. The maximum Gasteiger partial charge on any atom is 0.348 e. The fraction of sp³-hybridized carbons (Fsp3) is 0.320. The minimum absolute atomic E-state index is 0.0647. The van der Waals surface area contributed by atoms with Crippen molar-refractivity contribution < 1.29 is 19.1 Å². The molecule has 0 amide bonds. The highest BCUT2D eigenvalue weighted by Gasteiger charge is 2.15. The maximum absolute atomic E-state index is 12.4. The molecule has 0 spiro atoms. The number of nitrogens with zero attached hydrogens (tertiary/aromatic N) is 2. The largest absolute Gasteiger partial charge is 0.507 e. The lowest BCUT2D eigenvalue weighted by atomic mass is 10.0. The van der Waals surface area contributed by atoms with E-state index in [1.165, 1.54) is 6.08 Å². The van der Waals surface area contributed by atoms with E-state index in [0.29, 0.717) is 40.6 Å². The van der Waals surface area contributed by atoms with Gasteiger partial charge in [-0.25, -0.2) is 9.78 Å². The van der Waals surface area contributed by atoms with Gasteiger partial charge < -0.3 is 14.3 Å². The van der Waals surface area contributed by atoms with E-state index in [1.54, 1.807) is 42.5 Å². The standard InChI is InChI=1S/C25H26N2O4/c1-3-5-8-17(4-2)16-30-25(29)19(15-26)13-18-11-12-21-23(14-18)31-24(27-21)20-9-6-7-10-22(20)28/h6-7,9-14,17,28H,3-5,8,16H2,1-2H3. The van der Waals surface area contributed by atoms with Gasteiger partial charge in [-0.15, -0.1) is 0 Å². The smallest absolute Gasteiger partial charge is 0.348 e. The van der Waals surface area contributed by atoms with E-state index in [4.69, 9.17) is 9.15 Å². The van der Waals surface area contributed by atoms with Gasteiger partial charge in [0.2, 0.25) is 5.89 Å². The molecule has 6 heteroatoms. The molecule has 0 fully saturated rings. The predicted molar refractivity (Wildman–Crippen MR) is 119 cm³/mol. The first-order valence-electron chi connectivity index (χ1n) is 10.5. The summed E-state index contributed by atoms with van der Waals surface area (Å²) in [4.78, 5) is 16.8. The number of ether oxygens (including phenoxy) is 1. The number of oxazole rings is 1. The van der Waals surface area contributed by atoms with E-state index in [9.17, 15) is 15.2 Å². The molecule has 3 rings (SSSR count). The number of unbranched alkanes of at least 4 members (excludes halogenated alkanes) is 1. The Kier molecular flexibility index (Phi) is 7.45. The van der Waals surface area contributed by atoms with E-state index in [-0.39, 0.29) is 11.3 Å². The Balaban J connectivity index is 1.77. The first kappa shape index (κ1) is 22.1. The lowest BCUT2D eigenvalue weighted by molar-refractivity contribution is -0.139. The zero-order valence-corrected chi connectivity index (χ0v) is 17.8. The van der Waals surface area contributed by atoms with E-state index in [2.05, 4.69) is 18.8 Å². The van der Waals surface area contributed by atoms with Gasteiger partial charge in [0.1, 0.15) is 22.9 Å². The van der Waals surface area contributed by atoms with Crippen molar-refractivity contribution in [2.24, 2.45) is 5.92 Å². The summed E-state index contributed by atoms with van der Waals surface area (Å²) >= 11 is 0. The molecule has 0 aliphatic rings. The van der Waals surface area contributed by atoms with Gasteiger partial charge in [-0.05, 0) is 48.2 Å². The number of nitriles is 1. The van der Waals surface area contributed by atoms with Gasteiger partial charge in [-0.2, -0.15) is 5.26 Å². The summed E-state index contributed by atoms with van der Waals surface area (Å²) in [5, 5.41) is 19.4. The highest BCUT2D eigenvalue weighted by atomic mass is 16.5. The predicted octanol–water partition coefficient (Wildman–Crippen LogP) is 5.87. The van der Waals surface area contributed by atoms with Gasteiger partial charge in [0.05, 0.1) is 12.2 Å². The number of benzene rings is 2. The number of hydrogen-bond donors (Lipinski definition) is 1. The van der Waals surface area contributed by atoms with Gasteiger partial charge in [-0.3, -0.25) is 0 Å². The first-order valence-corrected chi connectivity index (χ1v) is 10.5. The second-order valence-corrected chi connectivity index (χ2v) is 7.45. The van der Waals surface area contributed by atoms with Crippen LogP contribution in [0.25, 0.3) is 28.6 Å². The Labute approximate surface area is 181 Å². The van der Waals surface area contributed by atoms with Crippen LogP contribution in [0.2, 0.25) is 0 Å². The Morgan fingerprint density at radius 3 is 2.81 bits per heavy atom. The summed E-state index contributed by atoms with van der Waals surface area (Å²) < 4.78 is 11.2. The molecule has 0 aliphatic carbocycles. The highest BCUT2D eigenvalue weighted by molar-refractivity contribution is 5.98. The molecule has 0 aliphatic heterocycles. The molecule has 0 saturated carbocycles. The highest BCUT2D eigenvalue weighted by Crippen LogP contribution is 2.31. The molecule has 0 radical (unpaired) electrons. The van der Waals surface area contributed by atoms with Crippen LogP contribution in [0.5, 0.6) is 5.75 Å². The van der Waals surface area contributed by atoms with Crippen LogP contribution in [-0.4, -0.2) is 22.7 Å². The molecular formula is C25H26N2O4. The first-order chi connectivity index (χ1) is 15.0. The average molecular weight is 418 g/mol. The molecule has 1 N–H and O–H groups in total. The monoisotopic (exact) mass is 418 g/mol. The van der Waals surface area contributed by atoms with Crippen LogP contribution < -0.4 is 0 Å². The molecule has 31 heavy (non-hydrogen) atoms. The van der Waals surface area contributed by atoms with E-state index in [0.717, 1.165) is 25.7 Å². The van der Waals surface area contributed by atoms with Crippen molar-refractivity contribution in [1.29, 1.82) is 5.26 Å². The van der Waals surface area contributed by atoms with Crippen LogP contribution in [0.15, 0.2) is 52.5 Å². The molecule has 1 atom stereocenters. The van der Waals surface area contributed by atoms with Crippen LogP contribution >= 0.6 is 0 Å². The number of hydrogen-bond acceptors (Lipinski definition) is 6. The molecule has 0 bridgehead atoms. The normalized spacial score (nSPS) is 12.5. The number of esters is 1. The summed E-state index contributed by atoms with van der Waals surface area (Å²) in [7, 11) is 0. The van der Waals surface area contributed by atoms with Crippen molar-refractivity contribution >= 4 is 23.1 Å². The van der Waals surface area contributed by atoms with Crippen molar-refractivity contribution in [3.63, 3.8) is 0 Å². The molecule has 3 aromatic rings. The Morgan fingerprint density at radius 2 is 2.10 bits per heavy atom. The Bertz CT molecular complexity index is 1120. The van der Waals surface area contributed by atoms with Gasteiger partial charge in [0, 0.05) is 0 Å². The number of rotatable bonds is 9. The van der Waals surface area contributed by atoms with Crippen molar-refractivity contribution in [2.45, 2.75) is 39.5 Å². The topological polar surface area (TPSA) is 96.4 Å². The van der Waals surface area contributed by atoms with Crippen molar-refractivity contribution in [1.82, 2.24) is 4.98 Å². The van der Waals surface area contributed by atoms with E-state index in [1.807, 2.05) is 6.07 Å². The zero-order valence-electron chi connectivity index (χ0n) is 17.8.